The fourth-order valence-electron chi connectivity index (χ4n) is 2.43. The van der Waals surface area contributed by atoms with Crippen molar-refractivity contribution in [3.8, 4) is 0 Å². The van der Waals surface area contributed by atoms with Crippen LogP contribution < -0.4 is 4.31 Å². The summed E-state index contributed by atoms with van der Waals surface area (Å²) in [7, 11) is -3.49. The Morgan fingerprint density at radius 2 is 1.90 bits per heavy atom. The molecule has 0 N–H and O–H groups in total. The van der Waals surface area contributed by atoms with Crippen molar-refractivity contribution in [1.29, 1.82) is 0 Å². The quantitative estimate of drug-likeness (QED) is 0.842. The van der Waals surface area contributed by atoms with Gasteiger partial charge in [-0.1, -0.05) is 17.7 Å². The Kier molecular flexibility index (Phi) is 3.31. The molecule has 106 valence electrons. The molecule has 0 fully saturated rings. The van der Waals surface area contributed by atoms with Crippen molar-refractivity contribution in [1.82, 2.24) is 0 Å². The van der Waals surface area contributed by atoms with Crippen LogP contribution >= 0.6 is 22.9 Å². The maximum absolute atomic E-state index is 12.7. The molecule has 0 radical (unpaired) electrons. The van der Waals surface area contributed by atoms with E-state index in [-0.39, 0.29) is 0 Å². The van der Waals surface area contributed by atoms with Gasteiger partial charge in [0, 0.05) is 6.54 Å². The molecule has 6 heteroatoms. The normalized spacial score (nSPS) is 14.7. The third-order valence-corrected chi connectivity index (χ3v) is 7.15. The minimum Gasteiger partial charge on any atom is -0.265 e. The van der Waals surface area contributed by atoms with Crippen LogP contribution in [0.2, 0.25) is 4.34 Å². The van der Waals surface area contributed by atoms with Gasteiger partial charge in [0.15, 0.2) is 0 Å². The van der Waals surface area contributed by atoms with Crippen molar-refractivity contribution in [2.75, 3.05) is 10.8 Å². The van der Waals surface area contributed by atoms with Crippen LogP contribution in [0.15, 0.2) is 28.5 Å². The molecule has 2 heterocycles. The maximum Gasteiger partial charge on any atom is 0.273 e. The zero-order valence-corrected chi connectivity index (χ0v) is 13.6. The van der Waals surface area contributed by atoms with E-state index in [4.69, 9.17) is 11.6 Å². The number of aryl methyl sites for hydroxylation is 2. The van der Waals surface area contributed by atoms with E-state index in [0.717, 1.165) is 34.6 Å². The largest absolute Gasteiger partial charge is 0.273 e. The fraction of sp³-hybridized carbons (Fsp3) is 0.286. The number of thiophene rings is 1. The summed E-state index contributed by atoms with van der Waals surface area (Å²) in [4.78, 5) is 0. The monoisotopic (exact) mass is 327 g/mol. The summed E-state index contributed by atoms with van der Waals surface area (Å²) in [5, 5.41) is 0. The van der Waals surface area contributed by atoms with E-state index in [2.05, 4.69) is 6.07 Å². The van der Waals surface area contributed by atoms with Crippen LogP contribution in [0, 0.1) is 13.8 Å². The first kappa shape index (κ1) is 13.9. The Labute approximate surface area is 127 Å². The van der Waals surface area contributed by atoms with Gasteiger partial charge in [0.05, 0.1) is 10.0 Å². The first-order chi connectivity index (χ1) is 9.39. The van der Waals surface area contributed by atoms with Crippen molar-refractivity contribution < 1.29 is 8.42 Å². The first-order valence-electron chi connectivity index (χ1n) is 6.28. The molecule has 1 aromatic heterocycles. The van der Waals surface area contributed by atoms with E-state index in [1.54, 1.807) is 12.1 Å². The first-order valence-corrected chi connectivity index (χ1v) is 8.91. The van der Waals surface area contributed by atoms with Crippen molar-refractivity contribution >= 4 is 38.6 Å². The molecule has 20 heavy (non-hydrogen) atoms. The molecule has 0 unspecified atom stereocenters. The Morgan fingerprint density at radius 3 is 2.55 bits per heavy atom. The van der Waals surface area contributed by atoms with Gasteiger partial charge in [-0.25, -0.2) is 8.42 Å². The highest BCUT2D eigenvalue weighted by Crippen LogP contribution is 2.37. The molecular weight excluding hydrogens is 314 g/mol. The molecule has 1 aromatic carbocycles. The van der Waals surface area contributed by atoms with E-state index in [9.17, 15) is 8.42 Å². The number of nitrogens with zero attached hydrogens (tertiary/aromatic N) is 1. The average molecular weight is 328 g/mol. The molecule has 3 nitrogen and oxygen atoms in total. The Bertz CT molecular complexity index is 780. The molecule has 0 spiro atoms. The summed E-state index contributed by atoms with van der Waals surface area (Å²) >= 11 is 6.95. The molecule has 1 aliphatic rings. The Hall–Kier alpha value is -1.04. The average Bonchev–Trinajstić information content (AvgIpc) is 2.97. The number of halogens is 1. The van der Waals surface area contributed by atoms with Crippen LogP contribution in [0.3, 0.4) is 0 Å². The number of sulfonamides is 1. The van der Waals surface area contributed by atoms with Crippen LogP contribution in [0.1, 0.15) is 16.7 Å². The second kappa shape index (κ2) is 4.76. The summed E-state index contributed by atoms with van der Waals surface area (Å²) in [5.41, 5.74) is 4.20. The molecule has 0 atom stereocenters. The molecule has 0 amide bonds. The lowest BCUT2D eigenvalue weighted by Gasteiger charge is -2.19. The second-order valence-corrected chi connectivity index (χ2v) is 8.76. The van der Waals surface area contributed by atoms with Crippen LogP contribution in [0.5, 0.6) is 0 Å². The van der Waals surface area contributed by atoms with Crippen molar-refractivity contribution in [3.05, 3.63) is 45.3 Å². The summed E-state index contributed by atoms with van der Waals surface area (Å²) in [6.45, 7) is 4.54. The zero-order valence-electron chi connectivity index (χ0n) is 11.2. The molecule has 0 bridgehead atoms. The van der Waals surface area contributed by atoms with E-state index in [0.29, 0.717) is 15.1 Å². The van der Waals surface area contributed by atoms with Gasteiger partial charge in [0.1, 0.15) is 4.21 Å². The minimum absolute atomic E-state index is 0.300. The van der Waals surface area contributed by atoms with Gasteiger partial charge < -0.3 is 0 Å². The number of hydrogen-bond acceptors (Lipinski definition) is 3. The van der Waals surface area contributed by atoms with Crippen molar-refractivity contribution in [3.63, 3.8) is 0 Å². The maximum atomic E-state index is 12.7. The summed E-state index contributed by atoms with van der Waals surface area (Å²) in [5.74, 6) is 0. The molecule has 1 aliphatic heterocycles. The molecule has 2 aromatic rings. The lowest BCUT2D eigenvalue weighted by atomic mass is 10.0. The third kappa shape index (κ3) is 2.14. The number of rotatable bonds is 2. The highest BCUT2D eigenvalue weighted by molar-refractivity contribution is 7.94. The van der Waals surface area contributed by atoms with Gasteiger partial charge in [-0.2, -0.15) is 0 Å². The van der Waals surface area contributed by atoms with Gasteiger partial charge in [-0.3, -0.25) is 4.31 Å². The van der Waals surface area contributed by atoms with Gasteiger partial charge >= 0.3 is 0 Å². The van der Waals surface area contributed by atoms with Gasteiger partial charge in [0.2, 0.25) is 0 Å². The van der Waals surface area contributed by atoms with Gasteiger partial charge in [-0.05, 0) is 55.2 Å². The second-order valence-electron chi connectivity index (χ2n) is 4.95. The number of fused-ring (bicyclic) bond motifs is 1. The SMILES string of the molecule is Cc1cc2c(cc1C)N(S(=O)(=O)c1ccc(Cl)s1)CC2. The van der Waals surface area contributed by atoms with E-state index < -0.39 is 10.0 Å². The molecule has 0 saturated carbocycles. The molecule has 0 aliphatic carbocycles. The minimum atomic E-state index is -3.49. The Morgan fingerprint density at radius 1 is 1.20 bits per heavy atom. The predicted molar refractivity (Wildman–Crippen MR) is 83.5 cm³/mol. The van der Waals surface area contributed by atoms with E-state index in [1.165, 1.54) is 9.87 Å². The fourth-order valence-corrected chi connectivity index (χ4v) is 5.52. The zero-order chi connectivity index (χ0) is 14.5. The topological polar surface area (TPSA) is 37.4 Å². The molecule has 3 rings (SSSR count). The number of hydrogen-bond donors (Lipinski definition) is 0. The van der Waals surface area contributed by atoms with E-state index in [1.807, 2.05) is 19.9 Å². The standard InChI is InChI=1S/C14H14ClNO2S2/c1-9-7-11-5-6-16(12(11)8-10(9)2)20(17,18)14-4-3-13(15)19-14/h3-4,7-8H,5-6H2,1-2H3. The van der Waals surface area contributed by atoms with Gasteiger partial charge in [0.25, 0.3) is 10.0 Å². The lowest BCUT2D eigenvalue weighted by Crippen LogP contribution is -2.28. The Balaban J connectivity index is 2.09. The van der Waals surface area contributed by atoms with Crippen molar-refractivity contribution in [2.45, 2.75) is 24.5 Å². The number of benzene rings is 1. The third-order valence-electron chi connectivity index (χ3n) is 3.64. The summed E-state index contributed by atoms with van der Waals surface area (Å²) in [6.07, 6.45) is 0.759. The van der Waals surface area contributed by atoms with Crippen LogP contribution in [0.25, 0.3) is 0 Å². The van der Waals surface area contributed by atoms with Gasteiger partial charge in [-0.15, -0.1) is 11.3 Å². The van der Waals surface area contributed by atoms with Crippen LogP contribution in [-0.2, 0) is 16.4 Å². The van der Waals surface area contributed by atoms with Crippen LogP contribution in [-0.4, -0.2) is 15.0 Å². The summed E-state index contributed by atoms with van der Waals surface area (Å²) < 4.78 is 27.7. The van der Waals surface area contributed by atoms with Crippen LogP contribution in [0.4, 0.5) is 5.69 Å². The smallest absolute Gasteiger partial charge is 0.265 e. The highest BCUT2D eigenvalue weighted by Gasteiger charge is 2.32. The van der Waals surface area contributed by atoms with Crippen molar-refractivity contribution in [2.24, 2.45) is 0 Å². The van der Waals surface area contributed by atoms with E-state index >= 15 is 0 Å². The lowest BCUT2D eigenvalue weighted by molar-refractivity contribution is 0.594. The molecular formula is C14H14ClNO2S2. The molecule has 0 saturated heterocycles. The number of anilines is 1. The summed E-state index contributed by atoms with van der Waals surface area (Å²) in [6, 6.07) is 7.24. The predicted octanol–water partition coefficient (Wildman–Crippen LogP) is 3.77. The highest BCUT2D eigenvalue weighted by atomic mass is 35.5.